The molecule has 6 N–H and O–H groups in total. The first-order valence-electron chi connectivity index (χ1n) is 4.72. The average molecular weight is 285 g/mol. The van der Waals surface area contributed by atoms with E-state index in [1.54, 1.807) is 12.1 Å². The van der Waals surface area contributed by atoms with Gasteiger partial charge in [-0.25, -0.2) is 4.99 Å². The number of halogens is 2. The smallest absolute Gasteiger partial charge is 0.223 e. The van der Waals surface area contributed by atoms with Crippen LogP contribution in [0.2, 0.25) is 10.0 Å². The van der Waals surface area contributed by atoms with E-state index in [0.717, 1.165) is 0 Å². The van der Waals surface area contributed by atoms with Crippen molar-refractivity contribution in [3.05, 3.63) is 27.7 Å². The van der Waals surface area contributed by atoms with Gasteiger partial charge in [-0.3, -0.25) is 0 Å². The summed E-state index contributed by atoms with van der Waals surface area (Å²) in [5.41, 5.74) is 16.7. The molecule has 0 aromatic heterocycles. The number of benzene rings is 1. The van der Waals surface area contributed by atoms with E-state index in [1.165, 1.54) is 0 Å². The van der Waals surface area contributed by atoms with Crippen molar-refractivity contribution in [3.8, 4) is 6.07 Å². The van der Waals surface area contributed by atoms with Gasteiger partial charge in [0.15, 0.2) is 5.96 Å². The lowest BCUT2D eigenvalue weighted by atomic mass is 10.1. The number of nitrogens with two attached hydrogens (primary N) is 3. The molecule has 0 heterocycles. The number of aliphatic imine (C=N–C) groups is 2. The second kappa shape index (κ2) is 6.10. The van der Waals surface area contributed by atoms with Crippen LogP contribution in [-0.2, 0) is 6.42 Å². The third kappa shape index (κ3) is 3.80. The third-order valence-corrected chi connectivity index (χ3v) is 2.41. The van der Waals surface area contributed by atoms with Crippen molar-refractivity contribution in [2.45, 2.75) is 6.42 Å². The van der Waals surface area contributed by atoms with Gasteiger partial charge in [0.1, 0.15) is 5.69 Å². The van der Waals surface area contributed by atoms with Crippen LogP contribution in [0.4, 0.5) is 5.69 Å². The van der Waals surface area contributed by atoms with E-state index in [2.05, 4.69) is 9.98 Å². The topological polar surface area (TPSA) is 127 Å². The van der Waals surface area contributed by atoms with Crippen LogP contribution in [0.5, 0.6) is 0 Å². The van der Waals surface area contributed by atoms with E-state index in [9.17, 15) is 0 Å². The normalized spacial score (nSPS) is 10.8. The van der Waals surface area contributed by atoms with E-state index in [-0.39, 0.29) is 34.1 Å². The van der Waals surface area contributed by atoms with Crippen molar-refractivity contribution < 1.29 is 0 Å². The summed E-state index contributed by atoms with van der Waals surface area (Å²) in [4.78, 5) is 7.44. The van der Waals surface area contributed by atoms with E-state index < -0.39 is 0 Å². The highest BCUT2D eigenvalue weighted by Gasteiger charge is 2.08. The minimum absolute atomic E-state index is 0.160. The molecule has 6 nitrogen and oxygen atoms in total. The van der Waals surface area contributed by atoms with Gasteiger partial charge in [-0.1, -0.05) is 23.2 Å². The van der Waals surface area contributed by atoms with Gasteiger partial charge in [-0.15, -0.1) is 0 Å². The summed E-state index contributed by atoms with van der Waals surface area (Å²) in [7, 11) is 0. The van der Waals surface area contributed by atoms with Gasteiger partial charge in [-0.2, -0.15) is 10.3 Å². The number of guanidine groups is 2. The predicted octanol–water partition coefficient (Wildman–Crippen LogP) is 1.28. The van der Waals surface area contributed by atoms with E-state index in [4.69, 9.17) is 45.7 Å². The van der Waals surface area contributed by atoms with Crippen LogP contribution >= 0.6 is 23.2 Å². The number of hydrogen-bond acceptors (Lipinski definition) is 2. The fourth-order valence-corrected chi connectivity index (χ4v) is 1.81. The summed E-state index contributed by atoms with van der Waals surface area (Å²) in [6.45, 7) is 0. The van der Waals surface area contributed by atoms with Crippen molar-refractivity contribution in [3.63, 3.8) is 0 Å². The molecular formula is C10H10Cl2N6. The maximum atomic E-state index is 8.59. The van der Waals surface area contributed by atoms with Gasteiger partial charge < -0.3 is 17.2 Å². The molecule has 0 aliphatic rings. The number of hydrogen-bond donors (Lipinski definition) is 3. The number of nitrogens with zero attached hydrogens (tertiary/aromatic N) is 3. The Morgan fingerprint density at radius 2 is 1.78 bits per heavy atom. The van der Waals surface area contributed by atoms with Crippen LogP contribution < -0.4 is 17.2 Å². The SMILES string of the molecule is N#CCc1cc(Cl)c(N=C(N)N=C(N)N)c(Cl)c1. The first-order valence-corrected chi connectivity index (χ1v) is 5.48. The molecule has 1 aromatic carbocycles. The summed E-state index contributed by atoms with van der Waals surface area (Å²) >= 11 is 12.0. The Kier molecular flexibility index (Phi) is 4.77. The molecule has 0 fully saturated rings. The quantitative estimate of drug-likeness (QED) is 0.558. The molecule has 94 valence electrons. The average Bonchev–Trinajstić information content (AvgIpc) is 2.23. The number of nitriles is 1. The summed E-state index contributed by atoms with van der Waals surface area (Å²) in [6, 6.07) is 5.16. The lowest BCUT2D eigenvalue weighted by Crippen LogP contribution is -2.26. The fourth-order valence-electron chi connectivity index (χ4n) is 1.19. The first kappa shape index (κ1) is 14.1. The molecule has 0 saturated carbocycles. The molecule has 8 heteroatoms. The molecule has 18 heavy (non-hydrogen) atoms. The maximum Gasteiger partial charge on any atom is 0.223 e. The fraction of sp³-hybridized carbons (Fsp3) is 0.100. The van der Waals surface area contributed by atoms with Crippen LogP contribution in [0.1, 0.15) is 5.56 Å². The Balaban J connectivity index is 3.20. The largest absolute Gasteiger partial charge is 0.370 e. The molecule has 0 atom stereocenters. The molecule has 0 unspecified atom stereocenters. The summed E-state index contributed by atoms with van der Waals surface area (Å²) < 4.78 is 0. The van der Waals surface area contributed by atoms with E-state index in [0.29, 0.717) is 5.56 Å². The van der Waals surface area contributed by atoms with Crippen molar-refractivity contribution in [1.82, 2.24) is 0 Å². The molecule has 0 spiro atoms. The third-order valence-electron chi connectivity index (χ3n) is 1.83. The van der Waals surface area contributed by atoms with Gasteiger partial charge in [0.25, 0.3) is 0 Å². The summed E-state index contributed by atoms with van der Waals surface area (Å²) in [6.07, 6.45) is 0.201. The Morgan fingerprint density at radius 3 is 2.22 bits per heavy atom. The zero-order valence-corrected chi connectivity index (χ0v) is 10.7. The summed E-state index contributed by atoms with van der Waals surface area (Å²) in [5, 5.41) is 9.12. The Labute approximate surface area is 114 Å². The Morgan fingerprint density at radius 1 is 1.22 bits per heavy atom. The monoisotopic (exact) mass is 284 g/mol. The zero-order valence-electron chi connectivity index (χ0n) is 9.19. The highest BCUT2D eigenvalue weighted by molar-refractivity contribution is 6.39. The summed E-state index contributed by atoms with van der Waals surface area (Å²) in [5.74, 6) is -0.378. The highest BCUT2D eigenvalue weighted by atomic mass is 35.5. The molecule has 0 aliphatic heterocycles. The molecule has 0 amide bonds. The minimum Gasteiger partial charge on any atom is -0.370 e. The van der Waals surface area contributed by atoms with Gasteiger partial charge in [0.2, 0.25) is 5.96 Å². The van der Waals surface area contributed by atoms with Crippen LogP contribution in [-0.4, -0.2) is 11.9 Å². The van der Waals surface area contributed by atoms with Crippen LogP contribution in [0.3, 0.4) is 0 Å². The van der Waals surface area contributed by atoms with Gasteiger partial charge in [-0.05, 0) is 17.7 Å². The van der Waals surface area contributed by atoms with Crippen molar-refractivity contribution in [1.29, 1.82) is 5.26 Å². The minimum atomic E-state index is -0.218. The maximum absolute atomic E-state index is 8.59. The van der Waals surface area contributed by atoms with Gasteiger partial charge in [0.05, 0.1) is 22.5 Å². The predicted molar refractivity (Wildman–Crippen MR) is 72.9 cm³/mol. The van der Waals surface area contributed by atoms with E-state index in [1.807, 2.05) is 6.07 Å². The van der Waals surface area contributed by atoms with Crippen LogP contribution in [0.25, 0.3) is 0 Å². The van der Waals surface area contributed by atoms with Gasteiger partial charge >= 0.3 is 0 Å². The molecule has 0 bridgehead atoms. The Bertz CT molecular complexity index is 531. The molecule has 1 aromatic rings. The van der Waals surface area contributed by atoms with Gasteiger partial charge in [0, 0.05) is 0 Å². The first-order chi connectivity index (χ1) is 8.43. The van der Waals surface area contributed by atoms with Crippen LogP contribution in [0.15, 0.2) is 22.1 Å². The molecule has 0 radical (unpaired) electrons. The molecule has 0 saturated heterocycles. The standard InChI is InChI=1S/C10H10Cl2N6/c11-6-3-5(1-2-13)4-7(12)8(6)17-10(16)18-9(14)15/h3-4H,1H2,(H6,14,15,16,17,18). The van der Waals surface area contributed by atoms with Crippen molar-refractivity contribution >= 4 is 40.8 Å². The molecular weight excluding hydrogens is 275 g/mol. The second-order valence-electron chi connectivity index (χ2n) is 3.25. The molecule has 1 rings (SSSR count). The Hall–Kier alpha value is -1.97. The van der Waals surface area contributed by atoms with Crippen LogP contribution in [0, 0.1) is 11.3 Å². The van der Waals surface area contributed by atoms with Crippen molar-refractivity contribution in [2.75, 3.05) is 0 Å². The zero-order chi connectivity index (χ0) is 13.7. The lowest BCUT2D eigenvalue weighted by molar-refractivity contribution is 1.26. The second-order valence-corrected chi connectivity index (χ2v) is 4.06. The highest BCUT2D eigenvalue weighted by Crippen LogP contribution is 2.34. The number of rotatable bonds is 2. The lowest BCUT2D eigenvalue weighted by Gasteiger charge is -2.04. The molecule has 0 aliphatic carbocycles. The van der Waals surface area contributed by atoms with Crippen molar-refractivity contribution in [2.24, 2.45) is 27.2 Å². The van der Waals surface area contributed by atoms with E-state index >= 15 is 0 Å².